The lowest BCUT2D eigenvalue weighted by molar-refractivity contribution is -0.122. The number of amidine groups is 1. The summed E-state index contributed by atoms with van der Waals surface area (Å²) in [6, 6.07) is 11.8. The molecule has 2 heterocycles. The van der Waals surface area contributed by atoms with Crippen molar-refractivity contribution >= 4 is 40.6 Å². The Balaban J connectivity index is 1.64. The predicted molar refractivity (Wildman–Crippen MR) is 106 cm³/mol. The van der Waals surface area contributed by atoms with Gasteiger partial charge in [-0.2, -0.15) is 0 Å². The van der Waals surface area contributed by atoms with Gasteiger partial charge in [-0.15, -0.1) is 0 Å². The van der Waals surface area contributed by atoms with Crippen molar-refractivity contribution in [3.8, 4) is 11.5 Å². The maximum Gasteiger partial charge on any atom is 0.335 e. The average molecular weight is 396 g/mol. The van der Waals surface area contributed by atoms with Gasteiger partial charge in [-0.3, -0.25) is 9.69 Å². The highest BCUT2D eigenvalue weighted by Gasteiger charge is 2.32. The molecular formula is C20H16N2O5S. The van der Waals surface area contributed by atoms with E-state index in [4.69, 9.17) is 14.6 Å². The molecule has 2 aromatic carbocycles. The number of ether oxygens (including phenoxy) is 2. The Labute approximate surface area is 165 Å². The summed E-state index contributed by atoms with van der Waals surface area (Å²) in [6.45, 7) is 2.52. The molecule has 0 aliphatic carbocycles. The van der Waals surface area contributed by atoms with E-state index in [1.807, 2.05) is 25.1 Å². The highest BCUT2D eigenvalue weighted by Crippen LogP contribution is 2.37. The van der Waals surface area contributed by atoms with Crippen LogP contribution < -0.4 is 9.47 Å². The van der Waals surface area contributed by atoms with Crippen molar-refractivity contribution in [1.29, 1.82) is 0 Å². The summed E-state index contributed by atoms with van der Waals surface area (Å²) in [4.78, 5) is 30.5. The fraction of sp³-hybridized carbons (Fsp3) is 0.150. The molecule has 0 unspecified atom stereocenters. The molecule has 28 heavy (non-hydrogen) atoms. The number of hydrogen-bond acceptors (Lipinski definition) is 6. The van der Waals surface area contributed by atoms with Crippen molar-refractivity contribution < 1.29 is 24.2 Å². The standard InChI is InChI=1S/C20H16N2O5S/c1-2-22-18(23)17(9-12-6-7-15-16(8-12)27-11-26-15)28-20(22)21-14-5-3-4-13(10-14)19(24)25/h3-10H,2,11H2,1H3,(H,24,25). The van der Waals surface area contributed by atoms with Crippen LogP contribution in [-0.4, -0.2) is 40.4 Å². The molecule has 0 spiro atoms. The summed E-state index contributed by atoms with van der Waals surface area (Å²) >= 11 is 1.26. The number of hydrogen-bond donors (Lipinski definition) is 1. The molecule has 0 saturated carbocycles. The highest BCUT2D eigenvalue weighted by molar-refractivity contribution is 8.18. The summed E-state index contributed by atoms with van der Waals surface area (Å²) in [6.07, 6.45) is 1.79. The molecule has 1 N–H and O–H groups in total. The van der Waals surface area contributed by atoms with Crippen molar-refractivity contribution in [3.63, 3.8) is 0 Å². The molecule has 1 saturated heterocycles. The Morgan fingerprint density at radius 3 is 2.86 bits per heavy atom. The van der Waals surface area contributed by atoms with Crippen LogP contribution >= 0.6 is 11.8 Å². The van der Waals surface area contributed by atoms with Crippen LogP contribution in [0.15, 0.2) is 52.4 Å². The van der Waals surface area contributed by atoms with Gasteiger partial charge in [0.2, 0.25) is 6.79 Å². The minimum absolute atomic E-state index is 0.140. The van der Waals surface area contributed by atoms with Gasteiger partial charge >= 0.3 is 5.97 Å². The van der Waals surface area contributed by atoms with E-state index in [9.17, 15) is 9.59 Å². The topological polar surface area (TPSA) is 88.4 Å². The number of thioether (sulfide) groups is 1. The first kappa shape index (κ1) is 18.1. The number of aliphatic imine (C=N–C) groups is 1. The van der Waals surface area contributed by atoms with Crippen LogP contribution in [0.4, 0.5) is 5.69 Å². The zero-order valence-corrected chi connectivity index (χ0v) is 15.7. The third-order valence-corrected chi connectivity index (χ3v) is 5.22. The van der Waals surface area contributed by atoms with Crippen molar-refractivity contribution in [3.05, 3.63) is 58.5 Å². The van der Waals surface area contributed by atoms with Gasteiger partial charge in [0, 0.05) is 6.54 Å². The number of likely N-dealkylation sites (N-methyl/N-ethyl adjacent to an activating group) is 1. The normalized spacial score (nSPS) is 18.3. The number of nitrogens with zero attached hydrogens (tertiary/aromatic N) is 2. The Morgan fingerprint density at radius 2 is 2.07 bits per heavy atom. The number of amides is 1. The number of carboxylic acids is 1. The molecule has 0 radical (unpaired) electrons. The first-order valence-electron chi connectivity index (χ1n) is 8.58. The summed E-state index contributed by atoms with van der Waals surface area (Å²) < 4.78 is 10.7. The smallest absolute Gasteiger partial charge is 0.335 e. The molecule has 4 rings (SSSR count). The minimum Gasteiger partial charge on any atom is -0.478 e. The van der Waals surface area contributed by atoms with Gasteiger partial charge in [0.05, 0.1) is 16.2 Å². The van der Waals surface area contributed by atoms with Crippen molar-refractivity contribution in [2.75, 3.05) is 13.3 Å². The number of benzene rings is 2. The number of aromatic carboxylic acids is 1. The van der Waals surface area contributed by atoms with Crippen molar-refractivity contribution in [1.82, 2.24) is 4.90 Å². The van der Waals surface area contributed by atoms with E-state index in [2.05, 4.69) is 4.99 Å². The quantitative estimate of drug-likeness (QED) is 0.792. The van der Waals surface area contributed by atoms with Gasteiger partial charge in [-0.25, -0.2) is 9.79 Å². The SMILES string of the molecule is CCN1C(=O)C(=Cc2ccc3c(c2)OCO3)SC1=Nc1cccc(C(=O)O)c1. The summed E-state index contributed by atoms with van der Waals surface area (Å²) in [5.41, 5.74) is 1.46. The fourth-order valence-corrected chi connectivity index (χ4v) is 3.91. The largest absolute Gasteiger partial charge is 0.478 e. The summed E-state index contributed by atoms with van der Waals surface area (Å²) in [5.74, 6) is 0.172. The molecule has 2 aliphatic rings. The van der Waals surface area contributed by atoms with E-state index >= 15 is 0 Å². The first-order valence-corrected chi connectivity index (χ1v) is 9.40. The van der Waals surface area contributed by atoms with Crippen LogP contribution in [0.1, 0.15) is 22.8 Å². The second-order valence-electron chi connectivity index (χ2n) is 6.02. The van der Waals surface area contributed by atoms with Crippen LogP contribution in [0.25, 0.3) is 6.08 Å². The minimum atomic E-state index is -1.02. The van der Waals surface area contributed by atoms with E-state index in [1.54, 1.807) is 23.1 Å². The summed E-state index contributed by atoms with van der Waals surface area (Å²) in [5, 5.41) is 9.65. The molecule has 7 nitrogen and oxygen atoms in total. The number of fused-ring (bicyclic) bond motifs is 1. The second-order valence-corrected chi connectivity index (χ2v) is 7.03. The third kappa shape index (κ3) is 3.46. The molecule has 2 aliphatic heterocycles. The monoisotopic (exact) mass is 396 g/mol. The second kappa shape index (κ2) is 7.40. The molecule has 142 valence electrons. The number of rotatable bonds is 4. The Bertz CT molecular complexity index is 1030. The van der Waals surface area contributed by atoms with Crippen LogP contribution in [0, 0.1) is 0 Å². The number of carboxylic acid groups (broad SMARTS) is 1. The molecule has 1 fully saturated rings. The van der Waals surface area contributed by atoms with Gasteiger partial charge < -0.3 is 14.6 Å². The Morgan fingerprint density at radius 1 is 1.25 bits per heavy atom. The number of carbonyl (C=O) groups excluding carboxylic acids is 1. The molecule has 0 aromatic heterocycles. The van der Waals surface area contributed by atoms with Gasteiger partial charge in [-0.1, -0.05) is 12.1 Å². The zero-order valence-electron chi connectivity index (χ0n) is 14.9. The van der Waals surface area contributed by atoms with Crippen LogP contribution in [0.3, 0.4) is 0 Å². The first-order chi connectivity index (χ1) is 13.5. The van der Waals surface area contributed by atoms with Gasteiger partial charge in [-0.05, 0) is 60.7 Å². The van der Waals surface area contributed by atoms with E-state index in [1.165, 1.54) is 23.9 Å². The maximum absolute atomic E-state index is 12.8. The molecule has 1 amide bonds. The summed E-state index contributed by atoms with van der Waals surface area (Å²) in [7, 11) is 0. The Hall–Kier alpha value is -3.26. The molecular weight excluding hydrogens is 380 g/mol. The molecule has 2 aromatic rings. The lowest BCUT2D eigenvalue weighted by Crippen LogP contribution is -2.28. The predicted octanol–water partition coefficient (Wildman–Crippen LogP) is 3.74. The van der Waals surface area contributed by atoms with Crippen LogP contribution in [0.2, 0.25) is 0 Å². The van der Waals surface area contributed by atoms with Gasteiger partial charge in [0.1, 0.15) is 0 Å². The van der Waals surface area contributed by atoms with E-state index in [0.29, 0.717) is 33.8 Å². The van der Waals surface area contributed by atoms with Crippen LogP contribution in [0.5, 0.6) is 11.5 Å². The molecule has 0 bridgehead atoms. The van der Waals surface area contributed by atoms with E-state index < -0.39 is 5.97 Å². The highest BCUT2D eigenvalue weighted by atomic mass is 32.2. The average Bonchev–Trinajstić information content (AvgIpc) is 3.26. The van der Waals surface area contributed by atoms with E-state index in [0.717, 1.165) is 5.56 Å². The van der Waals surface area contributed by atoms with Gasteiger partial charge in [0.25, 0.3) is 5.91 Å². The molecule has 0 atom stereocenters. The lowest BCUT2D eigenvalue weighted by Gasteiger charge is -2.12. The third-order valence-electron chi connectivity index (χ3n) is 4.22. The maximum atomic E-state index is 12.8. The lowest BCUT2D eigenvalue weighted by atomic mass is 10.2. The van der Waals surface area contributed by atoms with E-state index in [-0.39, 0.29) is 18.3 Å². The van der Waals surface area contributed by atoms with Crippen molar-refractivity contribution in [2.24, 2.45) is 4.99 Å². The van der Waals surface area contributed by atoms with Crippen LogP contribution in [-0.2, 0) is 4.79 Å². The van der Waals surface area contributed by atoms with Crippen molar-refractivity contribution in [2.45, 2.75) is 6.92 Å². The zero-order chi connectivity index (χ0) is 19.7. The van der Waals surface area contributed by atoms with Gasteiger partial charge in [0.15, 0.2) is 16.7 Å². The Kier molecular flexibility index (Phi) is 4.79. The molecule has 8 heteroatoms. The fourth-order valence-electron chi connectivity index (χ4n) is 2.84. The number of carbonyl (C=O) groups is 2.